The highest BCUT2D eigenvalue weighted by molar-refractivity contribution is 5.94. The van der Waals surface area contributed by atoms with Crippen LogP contribution in [0.5, 0.6) is 0 Å². The summed E-state index contributed by atoms with van der Waals surface area (Å²) in [4.78, 5) is 17.4. The highest BCUT2D eigenvalue weighted by Gasteiger charge is 2.18. The third kappa shape index (κ3) is 6.05. The van der Waals surface area contributed by atoms with E-state index in [0.29, 0.717) is 13.1 Å². The van der Waals surface area contributed by atoms with E-state index in [9.17, 15) is 4.79 Å². The van der Waals surface area contributed by atoms with Gasteiger partial charge in [-0.3, -0.25) is 9.69 Å². The van der Waals surface area contributed by atoms with Gasteiger partial charge >= 0.3 is 0 Å². The first kappa shape index (κ1) is 19.3. The highest BCUT2D eigenvalue weighted by atomic mass is 16.5. The van der Waals surface area contributed by atoms with E-state index < -0.39 is 0 Å². The van der Waals surface area contributed by atoms with Gasteiger partial charge in [0.2, 0.25) is 0 Å². The number of hydrogen-bond acceptors (Lipinski definition) is 3. The molecule has 2 aromatic carbocycles. The molecule has 1 saturated heterocycles. The molecule has 2 aromatic rings. The zero-order chi connectivity index (χ0) is 18.9. The Morgan fingerprint density at radius 3 is 2.33 bits per heavy atom. The summed E-state index contributed by atoms with van der Waals surface area (Å²) in [6.45, 7) is 7.74. The van der Waals surface area contributed by atoms with Crippen LogP contribution in [0.1, 0.15) is 22.8 Å². The summed E-state index contributed by atoms with van der Waals surface area (Å²) >= 11 is 0. The van der Waals surface area contributed by atoms with E-state index in [1.54, 1.807) is 0 Å². The molecule has 0 saturated carbocycles. The van der Waals surface area contributed by atoms with Crippen LogP contribution >= 0.6 is 0 Å². The number of nitrogens with zero attached hydrogens (tertiary/aromatic N) is 2. The average Bonchev–Trinajstić information content (AvgIpc) is 2.72. The molecule has 0 bridgehead atoms. The number of benzene rings is 2. The maximum Gasteiger partial charge on any atom is 0.254 e. The van der Waals surface area contributed by atoms with Crippen LogP contribution in [0.3, 0.4) is 0 Å². The fourth-order valence-corrected chi connectivity index (χ4v) is 3.28. The molecule has 0 radical (unpaired) electrons. The predicted molar refractivity (Wildman–Crippen MR) is 110 cm³/mol. The molecule has 0 aromatic heterocycles. The third-order valence-corrected chi connectivity index (χ3v) is 4.75. The first-order valence-corrected chi connectivity index (χ1v) is 9.59. The third-order valence-electron chi connectivity index (χ3n) is 4.75. The summed E-state index contributed by atoms with van der Waals surface area (Å²) in [5, 5.41) is 0. The molecular formula is C23H28N2O2. The van der Waals surface area contributed by atoms with Crippen molar-refractivity contribution in [2.45, 2.75) is 6.92 Å². The maximum atomic E-state index is 13.1. The lowest BCUT2D eigenvalue weighted by molar-refractivity contribution is 0.0330. The standard InChI is InChI=1S/C23H28N2O2/c1-20(18-21-8-4-2-5-9-21)19-25(13-12-24-14-16-27-17-15-24)23(26)22-10-6-3-7-11-22/h2-11,18H,12-17,19H2,1H3/b20-18+. The van der Waals surface area contributed by atoms with Gasteiger partial charge in [-0.2, -0.15) is 0 Å². The molecule has 0 atom stereocenters. The molecule has 27 heavy (non-hydrogen) atoms. The van der Waals surface area contributed by atoms with Crippen LogP contribution in [0, 0.1) is 0 Å². The number of hydrogen-bond donors (Lipinski definition) is 0. The Hall–Kier alpha value is -2.43. The van der Waals surface area contributed by atoms with Gasteiger partial charge in [-0.05, 0) is 24.6 Å². The largest absolute Gasteiger partial charge is 0.379 e. The lowest BCUT2D eigenvalue weighted by atomic mass is 10.1. The molecular weight excluding hydrogens is 336 g/mol. The number of carbonyl (C=O) groups excluding carboxylic acids is 1. The normalized spacial score (nSPS) is 15.5. The molecule has 1 aliphatic rings. The smallest absolute Gasteiger partial charge is 0.254 e. The van der Waals surface area contributed by atoms with Crippen LogP contribution in [-0.4, -0.2) is 61.6 Å². The van der Waals surface area contributed by atoms with Crippen molar-refractivity contribution in [3.63, 3.8) is 0 Å². The molecule has 0 spiro atoms. The molecule has 142 valence electrons. The Labute approximate surface area is 162 Å². The zero-order valence-corrected chi connectivity index (χ0v) is 16.0. The van der Waals surface area contributed by atoms with Gasteiger partial charge in [-0.15, -0.1) is 0 Å². The minimum absolute atomic E-state index is 0.0877. The van der Waals surface area contributed by atoms with Crippen molar-refractivity contribution >= 4 is 12.0 Å². The minimum Gasteiger partial charge on any atom is -0.379 e. The molecule has 0 aliphatic carbocycles. The van der Waals surface area contributed by atoms with Crippen molar-refractivity contribution in [1.82, 2.24) is 9.80 Å². The van der Waals surface area contributed by atoms with Crippen LogP contribution < -0.4 is 0 Å². The van der Waals surface area contributed by atoms with Gasteiger partial charge in [-0.1, -0.05) is 60.2 Å². The van der Waals surface area contributed by atoms with E-state index in [-0.39, 0.29) is 5.91 Å². The second-order valence-corrected chi connectivity index (χ2v) is 6.95. The zero-order valence-electron chi connectivity index (χ0n) is 16.0. The Balaban J connectivity index is 1.70. The van der Waals surface area contributed by atoms with E-state index in [4.69, 9.17) is 4.74 Å². The summed E-state index contributed by atoms with van der Waals surface area (Å²) in [5.74, 6) is 0.0877. The first-order chi connectivity index (χ1) is 13.2. The van der Waals surface area contributed by atoms with E-state index in [1.165, 1.54) is 5.57 Å². The maximum absolute atomic E-state index is 13.1. The van der Waals surface area contributed by atoms with Crippen LogP contribution in [0.25, 0.3) is 6.08 Å². The molecule has 4 heteroatoms. The highest BCUT2D eigenvalue weighted by Crippen LogP contribution is 2.11. The summed E-state index contributed by atoms with van der Waals surface area (Å²) in [7, 11) is 0. The molecule has 1 aliphatic heterocycles. The first-order valence-electron chi connectivity index (χ1n) is 9.59. The SMILES string of the molecule is C/C(=C\c1ccccc1)CN(CCN1CCOCC1)C(=O)c1ccccc1. The number of carbonyl (C=O) groups is 1. The van der Waals surface area contributed by atoms with Crippen molar-refractivity contribution in [2.75, 3.05) is 45.9 Å². The number of morpholine rings is 1. The second-order valence-electron chi connectivity index (χ2n) is 6.95. The lowest BCUT2D eigenvalue weighted by Gasteiger charge is -2.30. The number of rotatable bonds is 7. The molecule has 0 N–H and O–H groups in total. The number of ether oxygens (including phenoxy) is 1. The second kappa shape index (κ2) is 10.0. The van der Waals surface area contributed by atoms with Gasteiger partial charge in [0.1, 0.15) is 0 Å². The van der Waals surface area contributed by atoms with E-state index >= 15 is 0 Å². The predicted octanol–water partition coefficient (Wildman–Crippen LogP) is 3.56. The molecule has 1 amide bonds. The molecule has 1 fully saturated rings. The van der Waals surface area contributed by atoms with Crippen molar-refractivity contribution in [1.29, 1.82) is 0 Å². The monoisotopic (exact) mass is 364 g/mol. The van der Waals surface area contributed by atoms with Crippen LogP contribution in [0.4, 0.5) is 0 Å². The molecule has 1 heterocycles. The Bertz CT molecular complexity index is 737. The molecule has 4 nitrogen and oxygen atoms in total. The van der Waals surface area contributed by atoms with Gasteiger partial charge < -0.3 is 9.64 Å². The summed E-state index contributed by atoms with van der Waals surface area (Å²) in [6, 6.07) is 19.8. The quantitative estimate of drug-likeness (QED) is 0.753. The van der Waals surface area contributed by atoms with Gasteiger partial charge in [0.25, 0.3) is 5.91 Å². The van der Waals surface area contributed by atoms with Crippen LogP contribution in [-0.2, 0) is 4.74 Å². The van der Waals surface area contributed by atoms with Crippen LogP contribution in [0.2, 0.25) is 0 Å². The average molecular weight is 364 g/mol. The van der Waals surface area contributed by atoms with Crippen molar-refractivity contribution in [3.05, 3.63) is 77.4 Å². The van der Waals surface area contributed by atoms with E-state index in [1.807, 2.05) is 53.4 Å². The van der Waals surface area contributed by atoms with Gasteiger partial charge in [0, 0.05) is 38.3 Å². The van der Waals surface area contributed by atoms with Crippen LogP contribution in [0.15, 0.2) is 66.2 Å². The minimum atomic E-state index is 0.0877. The van der Waals surface area contributed by atoms with Crippen molar-refractivity contribution < 1.29 is 9.53 Å². The van der Waals surface area contributed by atoms with Gasteiger partial charge in [0.05, 0.1) is 13.2 Å². The van der Waals surface area contributed by atoms with E-state index in [0.717, 1.165) is 44.0 Å². The Morgan fingerprint density at radius 1 is 1.04 bits per heavy atom. The molecule has 3 rings (SSSR count). The van der Waals surface area contributed by atoms with Gasteiger partial charge in [0.15, 0.2) is 0 Å². The van der Waals surface area contributed by atoms with Gasteiger partial charge in [-0.25, -0.2) is 0 Å². The summed E-state index contributed by atoms with van der Waals surface area (Å²) in [6.07, 6.45) is 2.15. The molecule has 0 unspecified atom stereocenters. The van der Waals surface area contributed by atoms with Crippen molar-refractivity contribution in [3.8, 4) is 0 Å². The summed E-state index contributed by atoms with van der Waals surface area (Å²) < 4.78 is 5.42. The topological polar surface area (TPSA) is 32.8 Å². The Kier molecular flexibility index (Phi) is 7.19. The van der Waals surface area contributed by atoms with Crippen molar-refractivity contribution in [2.24, 2.45) is 0 Å². The fourth-order valence-electron chi connectivity index (χ4n) is 3.28. The fraction of sp³-hybridized carbons (Fsp3) is 0.348. The lowest BCUT2D eigenvalue weighted by Crippen LogP contribution is -2.43. The summed E-state index contributed by atoms with van der Waals surface area (Å²) in [5.41, 5.74) is 3.08. The Morgan fingerprint density at radius 2 is 1.67 bits per heavy atom. The van der Waals surface area contributed by atoms with E-state index in [2.05, 4.69) is 30.0 Å². The number of amides is 1.